The predicted octanol–water partition coefficient (Wildman–Crippen LogP) is 2.21. The minimum Gasteiger partial charge on any atom is -0.493 e. The predicted molar refractivity (Wildman–Crippen MR) is 96.9 cm³/mol. The van der Waals surface area contributed by atoms with Crippen LogP contribution >= 0.6 is 0 Å². The summed E-state index contributed by atoms with van der Waals surface area (Å²) in [6.45, 7) is 7.42. The van der Waals surface area contributed by atoms with Gasteiger partial charge in [-0.05, 0) is 26.0 Å². The summed E-state index contributed by atoms with van der Waals surface area (Å²) in [5.41, 5.74) is 2.15. The van der Waals surface area contributed by atoms with Crippen LogP contribution in [-0.4, -0.2) is 53.6 Å². The van der Waals surface area contributed by atoms with E-state index in [4.69, 9.17) is 4.74 Å². The summed E-state index contributed by atoms with van der Waals surface area (Å²) in [5.74, 6) is 1.88. The first-order valence-corrected chi connectivity index (χ1v) is 8.62. The van der Waals surface area contributed by atoms with Crippen molar-refractivity contribution in [2.45, 2.75) is 20.3 Å². The lowest BCUT2D eigenvalue weighted by atomic mass is 10.2. The highest BCUT2D eigenvalue weighted by atomic mass is 16.5. The molecule has 1 saturated heterocycles. The Morgan fingerprint density at radius 3 is 2.48 bits per heavy atom. The van der Waals surface area contributed by atoms with Gasteiger partial charge in [0, 0.05) is 37.9 Å². The van der Waals surface area contributed by atoms with Gasteiger partial charge in [0.25, 0.3) is 0 Å². The molecule has 2 heterocycles. The van der Waals surface area contributed by atoms with Crippen molar-refractivity contribution in [2.75, 3.05) is 37.7 Å². The number of carbonyl (C=O) groups excluding carboxylic acids is 1. The van der Waals surface area contributed by atoms with Crippen molar-refractivity contribution in [1.82, 2.24) is 14.9 Å². The average Bonchev–Trinajstić information content (AvgIpc) is 2.63. The van der Waals surface area contributed by atoms with E-state index in [0.29, 0.717) is 26.1 Å². The molecule has 0 aliphatic carbocycles. The Hall–Kier alpha value is -2.63. The summed E-state index contributed by atoms with van der Waals surface area (Å²) in [4.78, 5) is 24.9. The number of hydrogen-bond acceptors (Lipinski definition) is 5. The molecule has 1 amide bonds. The second-order valence-electron chi connectivity index (χ2n) is 6.30. The van der Waals surface area contributed by atoms with Gasteiger partial charge in [-0.15, -0.1) is 0 Å². The lowest BCUT2D eigenvalue weighted by molar-refractivity contribution is -0.132. The van der Waals surface area contributed by atoms with Gasteiger partial charge in [0.1, 0.15) is 17.9 Å². The second-order valence-corrected chi connectivity index (χ2v) is 6.30. The van der Waals surface area contributed by atoms with Crippen LogP contribution < -0.4 is 9.64 Å². The average molecular weight is 340 g/mol. The Morgan fingerprint density at radius 2 is 1.80 bits per heavy atom. The molecule has 0 bridgehead atoms. The fourth-order valence-electron chi connectivity index (χ4n) is 2.85. The standard InChI is InChI=1S/C19H24N4O2/c1-15-3-5-17(6-4-15)25-12-7-19(24)23-10-8-22(9-11-23)18-13-16(2)20-14-21-18/h3-6,13-14H,7-12H2,1-2H3. The van der Waals surface area contributed by atoms with Crippen LogP contribution in [0.15, 0.2) is 36.7 Å². The van der Waals surface area contributed by atoms with E-state index < -0.39 is 0 Å². The molecule has 6 nitrogen and oxygen atoms in total. The summed E-state index contributed by atoms with van der Waals surface area (Å²) in [5, 5.41) is 0. The molecule has 0 unspecified atom stereocenters. The summed E-state index contributed by atoms with van der Waals surface area (Å²) in [7, 11) is 0. The molecule has 6 heteroatoms. The van der Waals surface area contributed by atoms with Crippen LogP contribution in [0.1, 0.15) is 17.7 Å². The number of anilines is 1. The third-order valence-electron chi connectivity index (χ3n) is 4.35. The molecule has 0 spiro atoms. The van der Waals surface area contributed by atoms with Crippen LogP contribution in [0.2, 0.25) is 0 Å². The zero-order valence-corrected chi connectivity index (χ0v) is 14.8. The van der Waals surface area contributed by atoms with Crippen LogP contribution in [0.4, 0.5) is 5.82 Å². The third-order valence-corrected chi connectivity index (χ3v) is 4.35. The fraction of sp³-hybridized carbons (Fsp3) is 0.421. The first kappa shape index (κ1) is 17.2. The first-order valence-electron chi connectivity index (χ1n) is 8.62. The van der Waals surface area contributed by atoms with E-state index in [9.17, 15) is 4.79 Å². The number of hydrogen-bond donors (Lipinski definition) is 0. The first-order chi connectivity index (χ1) is 12.1. The van der Waals surface area contributed by atoms with E-state index in [1.54, 1.807) is 6.33 Å². The Morgan fingerprint density at radius 1 is 1.08 bits per heavy atom. The van der Waals surface area contributed by atoms with Crippen molar-refractivity contribution in [3.8, 4) is 5.75 Å². The maximum Gasteiger partial charge on any atom is 0.226 e. The Kier molecular flexibility index (Phi) is 5.48. The van der Waals surface area contributed by atoms with E-state index in [1.807, 2.05) is 49.1 Å². The summed E-state index contributed by atoms with van der Waals surface area (Å²) < 4.78 is 5.65. The highest BCUT2D eigenvalue weighted by molar-refractivity contribution is 5.76. The fourth-order valence-corrected chi connectivity index (χ4v) is 2.85. The van der Waals surface area contributed by atoms with Gasteiger partial charge in [0.05, 0.1) is 13.0 Å². The molecular weight excluding hydrogens is 316 g/mol. The van der Waals surface area contributed by atoms with Crippen molar-refractivity contribution < 1.29 is 9.53 Å². The zero-order chi connectivity index (χ0) is 17.6. The molecule has 25 heavy (non-hydrogen) atoms. The van der Waals surface area contributed by atoms with Crippen LogP contribution in [0, 0.1) is 13.8 Å². The summed E-state index contributed by atoms with van der Waals surface area (Å²) in [6.07, 6.45) is 1.99. The number of ether oxygens (including phenoxy) is 1. The lowest BCUT2D eigenvalue weighted by Gasteiger charge is -2.35. The molecule has 0 saturated carbocycles. The van der Waals surface area contributed by atoms with Gasteiger partial charge in [-0.1, -0.05) is 17.7 Å². The molecule has 0 atom stereocenters. The molecule has 1 aliphatic heterocycles. The van der Waals surface area contributed by atoms with Crippen molar-refractivity contribution >= 4 is 11.7 Å². The van der Waals surface area contributed by atoms with Gasteiger partial charge in [0.15, 0.2) is 0 Å². The van der Waals surface area contributed by atoms with E-state index in [1.165, 1.54) is 5.56 Å². The number of aromatic nitrogens is 2. The number of amides is 1. The minimum absolute atomic E-state index is 0.144. The molecule has 1 aliphatic rings. The van der Waals surface area contributed by atoms with E-state index in [0.717, 1.165) is 30.4 Å². The Labute approximate surface area is 148 Å². The van der Waals surface area contributed by atoms with Crippen LogP contribution in [0.5, 0.6) is 5.75 Å². The summed E-state index contributed by atoms with van der Waals surface area (Å²) >= 11 is 0. The van der Waals surface area contributed by atoms with Gasteiger partial charge in [-0.3, -0.25) is 4.79 Å². The topological polar surface area (TPSA) is 58.6 Å². The Balaban J connectivity index is 1.43. The molecular formula is C19H24N4O2. The number of aryl methyl sites for hydroxylation is 2. The van der Waals surface area contributed by atoms with Crippen LogP contribution in [0.25, 0.3) is 0 Å². The maximum atomic E-state index is 12.3. The molecule has 0 N–H and O–H groups in total. The lowest BCUT2D eigenvalue weighted by Crippen LogP contribution is -2.49. The van der Waals surface area contributed by atoms with Crippen molar-refractivity contribution in [3.63, 3.8) is 0 Å². The van der Waals surface area contributed by atoms with Gasteiger partial charge >= 0.3 is 0 Å². The molecule has 132 valence electrons. The SMILES string of the molecule is Cc1ccc(OCCC(=O)N2CCN(c3cc(C)ncn3)CC2)cc1. The van der Waals surface area contributed by atoms with E-state index >= 15 is 0 Å². The largest absolute Gasteiger partial charge is 0.493 e. The number of carbonyl (C=O) groups is 1. The third kappa shape index (κ3) is 4.68. The molecule has 1 aromatic carbocycles. The zero-order valence-electron chi connectivity index (χ0n) is 14.8. The summed E-state index contributed by atoms with van der Waals surface area (Å²) in [6, 6.07) is 9.86. The molecule has 2 aromatic rings. The normalized spacial score (nSPS) is 14.5. The van der Waals surface area contributed by atoms with Crippen LogP contribution in [0.3, 0.4) is 0 Å². The van der Waals surface area contributed by atoms with Crippen molar-refractivity contribution in [3.05, 3.63) is 47.9 Å². The molecule has 1 aromatic heterocycles. The Bertz CT molecular complexity index is 710. The van der Waals surface area contributed by atoms with Gasteiger partial charge < -0.3 is 14.5 Å². The highest BCUT2D eigenvalue weighted by Gasteiger charge is 2.21. The van der Waals surface area contributed by atoms with Gasteiger partial charge in [-0.25, -0.2) is 9.97 Å². The number of benzene rings is 1. The number of nitrogens with zero attached hydrogens (tertiary/aromatic N) is 4. The number of rotatable bonds is 5. The molecule has 3 rings (SSSR count). The maximum absolute atomic E-state index is 12.3. The van der Waals surface area contributed by atoms with Crippen LogP contribution in [-0.2, 0) is 4.79 Å². The smallest absolute Gasteiger partial charge is 0.226 e. The van der Waals surface area contributed by atoms with Crippen molar-refractivity contribution in [1.29, 1.82) is 0 Å². The molecule has 1 fully saturated rings. The monoisotopic (exact) mass is 340 g/mol. The molecule has 0 radical (unpaired) electrons. The minimum atomic E-state index is 0.144. The van der Waals surface area contributed by atoms with E-state index in [-0.39, 0.29) is 5.91 Å². The van der Waals surface area contributed by atoms with Crippen molar-refractivity contribution in [2.24, 2.45) is 0 Å². The van der Waals surface area contributed by atoms with E-state index in [2.05, 4.69) is 14.9 Å². The number of piperazine rings is 1. The van der Waals surface area contributed by atoms with Gasteiger partial charge in [0.2, 0.25) is 5.91 Å². The quantitative estimate of drug-likeness (QED) is 0.835. The van der Waals surface area contributed by atoms with Gasteiger partial charge in [-0.2, -0.15) is 0 Å². The highest BCUT2D eigenvalue weighted by Crippen LogP contribution is 2.15. The second kappa shape index (κ2) is 7.96.